The smallest absolute Gasteiger partial charge is 0.286 e. The molecule has 0 bridgehead atoms. The van der Waals surface area contributed by atoms with Crippen LogP contribution in [0.5, 0.6) is 17.2 Å². The van der Waals surface area contributed by atoms with Crippen molar-refractivity contribution in [3.05, 3.63) is 57.5 Å². The second-order valence-electron chi connectivity index (χ2n) is 5.93. The molecule has 0 saturated heterocycles. The molecule has 0 aliphatic rings. The van der Waals surface area contributed by atoms with E-state index >= 15 is 0 Å². The third-order valence-electron chi connectivity index (χ3n) is 4.13. The zero-order valence-corrected chi connectivity index (χ0v) is 17.3. The molecule has 10 heteroatoms. The second kappa shape index (κ2) is 9.23. The molecule has 0 aliphatic carbocycles. The lowest BCUT2D eigenvalue weighted by molar-refractivity contribution is -0.385. The Labute approximate surface area is 176 Å². The van der Waals surface area contributed by atoms with Crippen molar-refractivity contribution < 1.29 is 23.9 Å². The van der Waals surface area contributed by atoms with Crippen molar-refractivity contribution in [3.8, 4) is 28.5 Å². The third kappa shape index (κ3) is 4.49. The topological polar surface area (TPSA) is 113 Å². The summed E-state index contributed by atoms with van der Waals surface area (Å²) in [5.41, 5.74) is 0.975. The number of rotatable bonds is 8. The van der Waals surface area contributed by atoms with Crippen molar-refractivity contribution in [2.75, 3.05) is 26.1 Å². The lowest BCUT2D eigenvalue weighted by Crippen LogP contribution is -2.14. The highest BCUT2D eigenvalue weighted by Crippen LogP contribution is 2.35. The van der Waals surface area contributed by atoms with Gasteiger partial charge in [-0.2, -0.15) is 0 Å². The molecule has 1 aromatic heterocycles. The molecule has 0 atom stereocenters. The van der Waals surface area contributed by atoms with Gasteiger partial charge < -0.3 is 14.2 Å². The maximum absolute atomic E-state index is 12.7. The summed E-state index contributed by atoms with van der Waals surface area (Å²) in [6.45, 7) is 2.04. The fourth-order valence-electron chi connectivity index (χ4n) is 2.70. The van der Waals surface area contributed by atoms with Gasteiger partial charge in [-0.25, -0.2) is 4.98 Å². The highest BCUT2D eigenvalue weighted by molar-refractivity contribution is 7.14. The number of amides is 1. The summed E-state index contributed by atoms with van der Waals surface area (Å²) < 4.78 is 15.7. The largest absolute Gasteiger partial charge is 0.497 e. The molecule has 1 amide bonds. The quantitative estimate of drug-likeness (QED) is 0.417. The standard InChI is InChI=1S/C20H19N3O6S/c1-4-29-18-10-16(23(25)26)14(9-17(18)28-3)19(24)22-20-21-15(11-30-20)12-5-7-13(27-2)8-6-12/h5-11H,4H2,1-3H3,(H,21,22,24). The molecule has 2 aromatic carbocycles. The minimum absolute atomic E-state index is 0.151. The number of methoxy groups -OCH3 is 2. The summed E-state index contributed by atoms with van der Waals surface area (Å²) in [6.07, 6.45) is 0. The summed E-state index contributed by atoms with van der Waals surface area (Å²) >= 11 is 1.21. The zero-order chi connectivity index (χ0) is 21.7. The van der Waals surface area contributed by atoms with E-state index in [1.54, 1.807) is 19.4 Å². The number of nitrogens with one attached hydrogen (secondary N) is 1. The Morgan fingerprint density at radius 2 is 1.90 bits per heavy atom. The summed E-state index contributed by atoms with van der Waals surface area (Å²) in [7, 11) is 2.98. The van der Waals surface area contributed by atoms with E-state index in [0.29, 0.717) is 17.4 Å². The van der Waals surface area contributed by atoms with Gasteiger partial charge in [-0.3, -0.25) is 20.2 Å². The molecule has 1 heterocycles. The highest BCUT2D eigenvalue weighted by atomic mass is 32.1. The lowest BCUT2D eigenvalue weighted by Gasteiger charge is -2.11. The number of nitro benzene ring substituents is 1. The average Bonchev–Trinajstić information content (AvgIpc) is 3.22. The van der Waals surface area contributed by atoms with Crippen molar-refractivity contribution in [2.24, 2.45) is 0 Å². The number of anilines is 1. The minimum Gasteiger partial charge on any atom is -0.497 e. The van der Waals surface area contributed by atoms with E-state index in [2.05, 4.69) is 10.3 Å². The van der Waals surface area contributed by atoms with E-state index in [9.17, 15) is 14.9 Å². The van der Waals surface area contributed by atoms with Crippen molar-refractivity contribution in [3.63, 3.8) is 0 Å². The van der Waals surface area contributed by atoms with Crippen LogP contribution >= 0.6 is 11.3 Å². The molecule has 0 spiro atoms. The molecular formula is C20H19N3O6S. The summed E-state index contributed by atoms with van der Waals surface area (Å²) in [4.78, 5) is 28.0. The zero-order valence-electron chi connectivity index (χ0n) is 16.5. The van der Waals surface area contributed by atoms with Crippen LogP contribution in [0.3, 0.4) is 0 Å². The number of nitro groups is 1. The number of aromatic nitrogens is 1. The predicted molar refractivity (Wildman–Crippen MR) is 113 cm³/mol. The van der Waals surface area contributed by atoms with E-state index in [1.807, 2.05) is 24.3 Å². The summed E-state index contributed by atoms with van der Waals surface area (Å²) in [5, 5.41) is 16.2. The van der Waals surface area contributed by atoms with Gasteiger partial charge >= 0.3 is 0 Å². The first-order valence-corrected chi connectivity index (χ1v) is 9.75. The van der Waals surface area contributed by atoms with Crippen LogP contribution in [0.2, 0.25) is 0 Å². The van der Waals surface area contributed by atoms with Gasteiger partial charge in [-0.05, 0) is 31.2 Å². The van der Waals surface area contributed by atoms with Gasteiger partial charge in [-0.1, -0.05) is 0 Å². The molecule has 156 valence electrons. The van der Waals surface area contributed by atoms with E-state index in [-0.39, 0.29) is 22.7 Å². The molecule has 3 rings (SSSR count). The Hall–Kier alpha value is -3.66. The lowest BCUT2D eigenvalue weighted by atomic mass is 10.1. The Morgan fingerprint density at radius 1 is 1.17 bits per heavy atom. The van der Waals surface area contributed by atoms with Crippen LogP contribution in [0, 0.1) is 10.1 Å². The first-order chi connectivity index (χ1) is 14.5. The van der Waals surface area contributed by atoms with E-state index in [1.165, 1.54) is 30.6 Å². The molecule has 0 fully saturated rings. The van der Waals surface area contributed by atoms with Crippen LogP contribution < -0.4 is 19.5 Å². The number of carbonyl (C=O) groups excluding carboxylic acids is 1. The Balaban J connectivity index is 1.86. The van der Waals surface area contributed by atoms with Gasteiger partial charge in [0.15, 0.2) is 16.6 Å². The highest BCUT2D eigenvalue weighted by Gasteiger charge is 2.25. The van der Waals surface area contributed by atoms with Crippen molar-refractivity contribution in [1.82, 2.24) is 4.98 Å². The summed E-state index contributed by atoms with van der Waals surface area (Å²) in [5.74, 6) is 0.475. The van der Waals surface area contributed by atoms with E-state index < -0.39 is 10.8 Å². The number of nitrogens with zero attached hydrogens (tertiary/aromatic N) is 2. The van der Waals surface area contributed by atoms with E-state index in [0.717, 1.165) is 11.3 Å². The number of hydrogen-bond donors (Lipinski definition) is 1. The van der Waals surface area contributed by atoms with Crippen LogP contribution in [0.4, 0.5) is 10.8 Å². The van der Waals surface area contributed by atoms with Crippen LogP contribution in [0.25, 0.3) is 11.3 Å². The van der Waals surface area contributed by atoms with Gasteiger partial charge in [0.25, 0.3) is 11.6 Å². The summed E-state index contributed by atoms with van der Waals surface area (Å²) in [6, 6.07) is 9.78. The maximum atomic E-state index is 12.7. The monoisotopic (exact) mass is 429 g/mol. The Bertz CT molecular complexity index is 1060. The van der Waals surface area contributed by atoms with Crippen LogP contribution in [-0.2, 0) is 0 Å². The molecule has 0 aliphatic heterocycles. The number of carbonyl (C=O) groups is 1. The van der Waals surface area contributed by atoms with Crippen molar-refractivity contribution in [1.29, 1.82) is 0 Å². The number of ether oxygens (including phenoxy) is 3. The van der Waals surface area contributed by atoms with Gasteiger partial charge in [0.05, 0.1) is 37.5 Å². The SMILES string of the molecule is CCOc1cc([N+](=O)[O-])c(C(=O)Nc2nc(-c3ccc(OC)cc3)cs2)cc1OC. The average molecular weight is 429 g/mol. The normalized spacial score (nSPS) is 10.4. The minimum atomic E-state index is -0.668. The maximum Gasteiger partial charge on any atom is 0.286 e. The number of thiazole rings is 1. The van der Waals surface area contributed by atoms with Gasteiger partial charge in [0.2, 0.25) is 0 Å². The molecule has 0 unspecified atom stereocenters. The van der Waals surface area contributed by atoms with Gasteiger partial charge in [0, 0.05) is 17.0 Å². The molecule has 0 saturated carbocycles. The second-order valence-corrected chi connectivity index (χ2v) is 6.79. The first-order valence-electron chi connectivity index (χ1n) is 8.87. The van der Waals surface area contributed by atoms with E-state index in [4.69, 9.17) is 14.2 Å². The van der Waals surface area contributed by atoms with Crippen molar-refractivity contribution >= 4 is 28.1 Å². The molecule has 0 radical (unpaired) electrons. The Morgan fingerprint density at radius 3 is 2.50 bits per heavy atom. The fraction of sp³-hybridized carbons (Fsp3) is 0.200. The van der Waals surface area contributed by atoms with Crippen LogP contribution in [0.1, 0.15) is 17.3 Å². The Kier molecular flexibility index (Phi) is 6.48. The number of benzene rings is 2. The third-order valence-corrected chi connectivity index (χ3v) is 4.89. The van der Waals surface area contributed by atoms with Crippen LogP contribution in [0.15, 0.2) is 41.8 Å². The number of hydrogen-bond acceptors (Lipinski definition) is 8. The van der Waals surface area contributed by atoms with Crippen LogP contribution in [-0.4, -0.2) is 36.6 Å². The molecule has 9 nitrogen and oxygen atoms in total. The first kappa shape index (κ1) is 21.1. The fourth-order valence-corrected chi connectivity index (χ4v) is 3.41. The van der Waals surface area contributed by atoms with Gasteiger partial charge in [0.1, 0.15) is 11.3 Å². The predicted octanol–water partition coefficient (Wildman–Crippen LogP) is 4.39. The van der Waals surface area contributed by atoms with Crippen molar-refractivity contribution in [2.45, 2.75) is 6.92 Å². The molecular weight excluding hydrogens is 410 g/mol. The molecule has 1 N–H and O–H groups in total. The molecule has 30 heavy (non-hydrogen) atoms. The van der Waals surface area contributed by atoms with Gasteiger partial charge in [-0.15, -0.1) is 11.3 Å². The molecule has 3 aromatic rings.